The summed E-state index contributed by atoms with van der Waals surface area (Å²) < 4.78 is 44.4. The third-order valence-corrected chi connectivity index (χ3v) is 6.48. The summed E-state index contributed by atoms with van der Waals surface area (Å²) in [5.74, 6) is -2.89. The van der Waals surface area contributed by atoms with E-state index in [4.69, 9.17) is 14.2 Å². The summed E-state index contributed by atoms with van der Waals surface area (Å²) in [6, 6.07) is 10.9. The number of esters is 2. The summed E-state index contributed by atoms with van der Waals surface area (Å²) >= 11 is 0. The van der Waals surface area contributed by atoms with Crippen LogP contribution in [0.2, 0.25) is 0 Å². The summed E-state index contributed by atoms with van der Waals surface area (Å²) in [6.45, 7) is 7.58. The monoisotopic (exact) mass is 517 g/mol. The van der Waals surface area contributed by atoms with E-state index in [2.05, 4.69) is 43.4 Å². The van der Waals surface area contributed by atoms with Crippen LogP contribution >= 0.6 is 0 Å². The molecule has 1 atom stereocenters. The Morgan fingerprint density at radius 2 is 1.81 bits per heavy atom. The van der Waals surface area contributed by atoms with E-state index in [0.29, 0.717) is 18.0 Å². The van der Waals surface area contributed by atoms with Gasteiger partial charge in [-0.2, -0.15) is 4.39 Å². The Kier molecular flexibility index (Phi) is 10.0. The van der Waals surface area contributed by atoms with Crippen LogP contribution in [0.5, 0.6) is 5.75 Å². The second-order valence-electron chi connectivity index (χ2n) is 10.2. The van der Waals surface area contributed by atoms with Crippen LogP contribution < -0.4 is 10.1 Å². The third kappa shape index (κ3) is 8.81. The van der Waals surface area contributed by atoms with E-state index in [1.807, 2.05) is 0 Å². The van der Waals surface area contributed by atoms with Crippen molar-refractivity contribution >= 4 is 11.9 Å². The fourth-order valence-corrected chi connectivity index (χ4v) is 4.88. The number of nitrogens with one attached hydrogen (secondary N) is 1. The summed E-state index contributed by atoms with van der Waals surface area (Å²) in [5, 5.41) is 3.46. The van der Waals surface area contributed by atoms with Gasteiger partial charge in [-0.25, -0.2) is 4.39 Å². The van der Waals surface area contributed by atoms with Gasteiger partial charge in [0.25, 0.3) is 0 Å². The van der Waals surface area contributed by atoms with Crippen LogP contribution in [0.3, 0.4) is 0 Å². The molecule has 0 saturated heterocycles. The lowest BCUT2D eigenvalue weighted by Gasteiger charge is -2.31. The van der Waals surface area contributed by atoms with Crippen molar-refractivity contribution in [1.82, 2.24) is 5.32 Å². The van der Waals surface area contributed by atoms with Crippen LogP contribution in [0, 0.1) is 17.6 Å². The minimum absolute atomic E-state index is 0.0412. The van der Waals surface area contributed by atoms with E-state index < -0.39 is 29.7 Å². The second-order valence-corrected chi connectivity index (χ2v) is 10.2. The van der Waals surface area contributed by atoms with Gasteiger partial charge in [0.15, 0.2) is 11.6 Å². The number of carbonyl (C=O) groups excluding carboxylic acids is 2. The number of carbonyl (C=O) groups is 2. The molecule has 1 N–H and O–H groups in total. The minimum Gasteiger partial charge on any atom is -0.486 e. The molecule has 0 bridgehead atoms. The van der Waals surface area contributed by atoms with Gasteiger partial charge in [-0.15, -0.1) is 0 Å². The molecule has 202 valence electrons. The first-order valence-corrected chi connectivity index (χ1v) is 12.8. The van der Waals surface area contributed by atoms with Gasteiger partial charge in [-0.3, -0.25) is 9.59 Å². The van der Waals surface area contributed by atoms with E-state index in [-0.39, 0.29) is 37.3 Å². The second kappa shape index (κ2) is 13.0. The van der Waals surface area contributed by atoms with Crippen molar-refractivity contribution < 1.29 is 32.6 Å². The normalized spacial score (nSPS) is 14.2. The van der Waals surface area contributed by atoms with Crippen LogP contribution in [0.15, 0.2) is 36.4 Å². The van der Waals surface area contributed by atoms with Gasteiger partial charge in [0.05, 0.1) is 6.61 Å². The molecule has 37 heavy (non-hydrogen) atoms. The molecule has 0 saturated carbocycles. The fraction of sp³-hybridized carbons (Fsp3) is 0.517. The zero-order valence-corrected chi connectivity index (χ0v) is 22.1. The predicted molar refractivity (Wildman–Crippen MR) is 136 cm³/mol. The van der Waals surface area contributed by atoms with Crippen LogP contribution in [0.1, 0.15) is 57.2 Å². The molecular formula is C29H37F2NO5. The standard InChI is InChI=1S/C29H37F2NO5/c1-5-35-27(34)11-10-20-14-25(30)28(31)26(15-20)36-18-24(37-19(2)33)17-32-29(3,4)16-21-12-22-8-6-7-9-23(22)13-21/h6-9,14-15,21,24,32H,5,10-13,16-18H2,1-4H3/t24-/m0/s1. The van der Waals surface area contributed by atoms with Crippen molar-refractivity contribution in [3.63, 3.8) is 0 Å². The lowest BCUT2D eigenvalue weighted by molar-refractivity contribution is -0.148. The van der Waals surface area contributed by atoms with Crippen molar-refractivity contribution in [3.05, 3.63) is 64.7 Å². The SMILES string of the molecule is CCOC(=O)CCc1cc(F)c(F)c(OC[C@H](CNC(C)(C)CC2Cc3ccccc3C2)OC(C)=O)c1. The smallest absolute Gasteiger partial charge is 0.306 e. The van der Waals surface area contributed by atoms with Crippen LogP contribution in [0.4, 0.5) is 8.78 Å². The highest BCUT2D eigenvalue weighted by Crippen LogP contribution is 2.32. The summed E-state index contributed by atoms with van der Waals surface area (Å²) in [5.41, 5.74) is 2.96. The van der Waals surface area contributed by atoms with Crippen molar-refractivity contribution in [2.24, 2.45) is 5.92 Å². The molecular weight excluding hydrogens is 480 g/mol. The molecule has 8 heteroatoms. The zero-order chi connectivity index (χ0) is 27.0. The highest BCUT2D eigenvalue weighted by molar-refractivity contribution is 5.69. The molecule has 0 fully saturated rings. The molecule has 6 nitrogen and oxygen atoms in total. The van der Waals surface area contributed by atoms with Gasteiger partial charge in [-0.05, 0) is 81.2 Å². The molecule has 2 aromatic carbocycles. The number of fused-ring (bicyclic) bond motifs is 1. The number of ether oxygens (including phenoxy) is 3. The molecule has 1 aliphatic carbocycles. The van der Waals surface area contributed by atoms with Crippen molar-refractivity contribution in [3.8, 4) is 5.75 Å². The topological polar surface area (TPSA) is 73.9 Å². The Hall–Kier alpha value is -3.00. The summed E-state index contributed by atoms with van der Waals surface area (Å²) in [6.07, 6.45) is 2.52. The number of benzene rings is 2. The highest BCUT2D eigenvalue weighted by atomic mass is 19.2. The van der Waals surface area contributed by atoms with Crippen LogP contribution in [-0.2, 0) is 38.3 Å². The first kappa shape index (κ1) is 28.6. The molecule has 0 aliphatic heterocycles. The minimum atomic E-state index is -1.13. The van der Waals surface area contributed by atoms with Crippen molar-refractivity contribution in [2.75, 3.05) is 19.8 Å². The maximum atomic E-state index is 14.4. The Morgan fingerprint density at radius 1 is 1.14 bits per heavy atom. The first-order valence-electron chi connectivity index (χ1n) is 12.8. The molecule has 0 heterocycles. The van der Waals surface area contributed by atoms with Crippen molar-refractivity contribution in [2.45, 2.75) is 71.4 Å². The van der Waals surface area contributed by atoms with Gasteiger partial charge in [0.1, 0.15) is 12.7 Å². The number of aryl methyl sites for hydroxylation is 1. The van der Waals surface area contributed by atoms with E-state index >= 15 is 0 Å². The van der Waals surface area contributed by atoms with E-state index in [1.54, 1.807) is 6.92 Å². The number of rotatable bonds is 13. The molecule has 0 spiro atoms. The zero-order valence-electron chi connectivity index (χ0n) is 22.1. The number of hydrogen-bond acceptors (Lipinski definition) is 6. The Bertz CT molecular complexity index is 1060. The van der Waals surface area contributed by atoms with Gasteiger partial charge in [-0.1, -0.05) is 24.3 Å². The van der Waals surface area contributed by atoms with Gasteiger partial charge in [0.2, 0.25) is 5.82 Å². The molecule has 0 unspecified atom stereocenters. The van der Waals surface area contributed by atoms with E-state index in [0.717, 1.165) is 25.3 Å². The summed E-state index contributed by atoms with van der Waals surface area (Å²) in [7, 11) is 0. The lowest BCUT2D eigenvalue weighted by Crippen LogP contribution is -2.47. The van der Waals surface area contributed by atoms with E-state index in [1.165, 1.54) is 24.1 Å². The van der Waals surface area contributed by atoms with Crippen LogP contribution in [0.25, 0.3) is 0 Å². The predicted octanol–water partition coefficient (Wildman–Crippen LogP) is 4.94. The quantitative estimate of drug-likeness (QED) is 0.379. The molecule has 2 aromatic rings. The molecule has 1 aliphatic rings. The van der Waals surface area contributed by atoms with Gasteiger partial charge in [0, 0.05) is 25.4 Å². The molecule has 0 aromatic heterocycles. The Labute approximate surface area is 217 Å². The first-order chi connectivity index (χ1) is 17.6. The van der Waals surface area contributed by atoms with Gasteiger partial charge >= 0.3 is 11.9 Å². The third-order valence-electron chi connectivity index (χ3n) is 6.48. The maximum absolute atomic E-state index is 14.4. The van der Waals surface area contributed by atoms with Gasteiger partial charge < -0.3 is 19.5 Å². The van der Waals surface area contributed by atoms with E-state index in [9.17, 15) is 18.4 Å². The molecule has 0 radical (unpaired) electrons. The summed E-state index contributed by atoms with van der Waals surface area (Å²) in [4.78, 5) is 23.3. The number of hydrogen-bond donors (Lipinski definition) is 1. The average molecular weight is 518 g/mol. The fourth-order valence-electron chi connectivity index (χ4n) is 4.88. The Balaban J connectivity index is 1.57. The molecule has 0 amide bonds. The number of halogens is 2. The van der Waals surface area contributed by atoms with Crippen molar-refractivity contribution in [1.29, 1.82) is 0 Å². The lowest BCUT2D eigenvalue weighted by atomic mass is 9.88. The van der Waals surface area contributed by atoms with Crippen LogP contribution in [-0.4, -0.2) is 43.3 Å². The largest absolute Gasteiger partial charge is 0.486 e. The molecule has 3 rings (SSSR count). The maximum Gasteiger partial charge on any atom is 0.306 e. The highest BCUT2D eigenvalue weighted by Gasteiger charge is 2.29. The Morgan fingerprint density at radius 3 is 2.43 bits per heavy atom. The average Bonchev–Trinajstić information content (AvgIpc) is 3.23.